The predicted molar refractivity (Wildman–Crippen MR) is 83.2 cm³/mol. The van der Waals surface area contributed by atoms with Crippen LogP contribution < -0.4 is 0 Å². The first-order valence-corrected chi connectivity index (χ1v) is 7.89. The second-order valence-corrected chi connectivity index (χ2v) is 6.55. The van der Waals surface area contributed by atoms with E-state index in [1.807, 2.05) is 24.3 Å². The molecule has 2 aliphatic rings. The second kappa shape index (κ2) is 5.78. The molecule has 1 aromatic rings. The number of carbonyl (C=O) groups is 1. The Bertz CT molecular complexity index is 488. The molecule has 2 atom stereocenters. The van der Waals surface area contributed by atoms with Crippen molar-refractivity contribution in [2.75, 3.05) is 19.6 Å². The first-order chi connectivity index (χ1) is 9.63. The van der Waals surface area contributed by atoms with Crippen LogP contribution in [0.3, 0.4) is 0 Å². The zero-order chi connectivity index (χ0) is 14.1. The summed E-state index contributed by atoms with van der Waals surface area (Å²) in [7, 11) is 0. The number of carbonyl (C=O) groups excluding carboxylic acids is 1. The Morgan fingerprint density at radius 2 is 2.05 bits per heavy atom. The lowest BCUT2D eigenvalue weighted by molar-refractivity contribution is -0.136. The molecule has 2 fully saturated rings. The maximum Gasteiger partial charge on any atom is 0.227 e. The Balaban J connectivity index is 1.65. The van der Waals surface area contributed by atoms with Crippen molar-refractivity contribution in [1.82, 2.24) is 9.80 Å². The number of amides is 1. The molecular weight excluding hydrogens is 268 g/mol. The summed E-state index contributed by atoms with van der Waals surface area (Å²) in [5.74, 6) is 0.260. The van der Waals surface area contributed by atoms with E-state index in [1.165, 1.54) is 19.4 Å². The first-order valence-electron chi connectivity index (χ1n) is 7.45. The third kappa shape index (κ3) is 2.86. The van der Waals surface area contributed by atoms with Crippen LogP contribution >= 0.6 is 12.6 Å². The Morgan fingerprint density at radius 3 is 2.80 bits per heavy atom. The highest BCUT2D eigenvalue weighted by atomic mass is 32.1. The van der Waals surface area contributed by atoms with Gasteiger partial charge >= 0.3 is 0 Å². The Labute approximate surface area is 126 Å². The van der Waals surface area contributed by atoms with Crippen molar-refractivity contribution >= 4 is 18.5 Å². The molecule has 20 heavy (non-hydrogen) atoms. The summed E-state index contributed by atoms with van der Waals surface area (Å²) < 4.78 is 0. The van der Waals surface area contributed by atoms with E-state index in [1.54, 1.807) is 0 Å². The van der Waals surface area contributed by atoms with E-state index in [-0.39, 0.29) is 5.91 Å². The standard InChI is InChI=1S/C16H22N2OS/c1-12-10-17-8-2-3-14(17)11-18(12)16(19)9-13-4-6-15(20)7-5-13/h4-7,12,14,20H,2-3,8-11H2,1H3. The minimum Gasteiger partial charge on any atom is -0.337 e. The number of thiol groups is 1. The van der Waals surface area contributed by atoms with E-state index in [2.05, 4.69) is 29.4 Å². The predicted octanol–water partition coefficient (Wildman–Crippen LogP) is 2.21. The number of nitrogens with zero attached hydrogens (tertiary/aromatic N) is 2. The average molecular weight is 290 g/mol. The van der Waals surface area contributed by atoms with Crippen LogP contribution in [-0.4, -0.2) is 47.4 Å². The molecule has 0 spiro atoms. The number of rotatable bonds is 2. The fraction of sp³-hybridized carbons (Fsp3) is 0.562. The van der Waals surface area contributed by atoms with Crippen LogP contribution in [0.15, 0.2) is 29.2 Å². The van der Waals surface area contributed by atoms with Crippen molar-refractivity contribution < 1.29 is 4.79 Å². The lowest BCUT2D eigenvalue weighted by atomic mass is 10.1. The highest BCUT2D eigenvalue weighted by molar-refractivity contribution is 7.80. The van der Waals surface area contributed by atoms with Gasteiger partial charge in [-0.2, -0.15) is 0 Å². The number of fused-ring (bicyclic) bond motifs is 1. The van der Waals surface area contributed by atoms with Crippen molar-refractivity contribution in [2.45, 2.75) is 43.2 Å². The van der Waals surface area contributed by atoms with Crippen molar-refractivity contribution in [3.8, 4) is 0 Å². The lowest BCUT2D eigenvalue weighted by Gasteiger charge is -2.42. The number of benzene rings is 1. The topological polar surface area (TPSA) is 23.6 Å². The molecule has 3 nitrogen and oxygen atoms in total. The molecule has 0 aliphatic carbocycles. The van der Waals surface area contributed by atoms with E-state index in [0.717, 1.165) is 23.5 Å². The molecule has 0 saturated carbocycles. The zero-order valence-corrected chi connectivity index (χ0v) is 12.9. The molecule has 1 amide bonds. The van der Waals surface area contributed by atoms with E-state index in [4.69, 9.17) is 0 Å². The molecule has 0 N–H and O–H groups in total. The quantitative estimate of drug-likeness (QED) is 0.844. The van der Waals surface area contributed by atoms with Crippen molar-refractivity contribution in [3.63, 3.8) is 0 Å². The fourth-order valence-electron chi connectivity index (χ4n) is 3.42. The summed E-state index contributed by atoms with van der Waals surface area (Å²) in [4.78, 5) is 18.1. The largest absolute Gasteiger partial charge is 0.337 e. The molecule has 0 radical (unpaired) electrons. The van der Waals surface area contributed by atoms with Crippen molar-refractivity contribution in [3.05, 3.63) is 29.8 Å². The summed E-state index contributed by atoms with van der Waals surface area (Å²) in [6.45, 7) is 5.32. The van der Waals surface area contributed by atoms with Gasteiger partial charge in [0.1, 0.15) is 0 Å². The maximum atomic E-state index is 12.5. The second-order valence-electron chi connectivity index (χ2n) is 6.03. The van der Waals surface area contributed by atoms with Crippen LogP contribution in [0.2, 0.25) is 0 Å². The van der Waals surface area contributed by atoms with Gasteiger partial charge in [0.25, 0.3) is 0 Å². The highest BCUT2D eigenvalue weighted by Crippen LogP contribution is 2.25. The third-order valence-electron chi connectivity index (χ3n) is 4.55. The van der Waals surface area contributed by atoms with Gasteiger partial charge in [-0.3, -0.25) is 9.69 Å². The van der Waals surface area contributed by atoms with Crippen LogP contribution in [0.1, 0.15) is 25.3 Å². The van der Waals surface area contributed by atoms with Gasteiger partial charge in [-0.05, 0) is 44.0 Å². The van der Waals surface area contributed by atoms with Crippen LogP contribution in [0.5, 0.6) is 0 Å². The third-order valence-corrected chi connectivity index (χ3v) is 4.85. The minimum absolute atomic E-state index is 0.260. The van der Waals surface area contributed by atoms with Crippen LogP contribution in [0.4, 0.5) is 0 Å². The van der Waals surface area contributed by atoms with Crippen molar-refractivity contribution in [1.29, 1.82) is 0 Å². The monoisotopic (exact) mass is 290 g/mol. The Morgan fingerprint density at radius 1 is 1.30 bits per heavy atom. The molecule has 3 rings (SSSR count). The number of hydrogen-bond acceptors (Lipinski definition) is 3. The van der Waals surface area contributed by atoms with Crippen LogP contribution in [0.25, 0.3) is 0 Å². The van der Waals surface area contributed by atoms with Gasteiger partial charge in [0.2, 0.25) is 5.91 Å². The highest BCUT2D eigenvalue weighted by Gasteiger charge is 2.36. The maximum absolute atomic E-state index is 12.5. The van der Waals surface area contributed by atoms with E-state index in [9.17, 15) is 4.79 Å². The van der Waals surface area contributed by atoms with Gasteiger partial charge < -0.3 is 4.90 Å². The van der Waals surface area contributed by atoms with E-state index in [0.29, 0.717) is 18.5 Å². The first kappa shape index (κ1) is 14.0. The summed E-state index contributed by atoms with van der Waals surface area (Å²) in [5.41, 5.74) is 1.08. The van der Waals surface area contributed by atoms with Gasteiger partial charge in [0.05, 0.1) is 6.42 Å². The Hall–Kier alpha value is -1.00. The normalized spacial score (nSPS) is 26.6. The summed E-state index contributed by atoms with van der Waals surface area (Å²) >= 11 is 4.28. The summed E-state index contributed by atoms with van der Waals surface area (Å²) in [6, 6.07) is 8.82. The molecule has 4 heteroatoms. The fourth-order valence-corrected chi connectivity index (χ4v) is 3.57. The van der Waals surface area contributed by atoms with Gasteiger partial charge in [-0.25, -0.2) is 0 Å². The van der Waals surface area contributed by atoms with Crippen molar-refractivity contribution in [2.24, 2.45) is 0 Å². The molecule has 2 aliphatic heterocycles. The minimum atomic E-state index is 0.260. The Kier molecular flexibility index (Phi) is 4.03. The molecule has 2 unspecified atom stereocenters. The van der Waals surface area contributed by atoms with Crippen LogP contribution in [-0.2, 0) is 11.2 Å². The smallest absolute Gasteiger partial charge is 0.227 e. The van der Waals surface area contributed by atoms with E-state index >= 15 is 0 Å². The molecule has 2 saturated heterocycles. The summed E-state index contributed by atoms with van der Waals surface area (Å²) in [6.07, 6.45) is 3.03. The number of hydrogen-bond donors (Lipinski definition) is 1. The van der Waals surface area contributed by atoms with E-state index < -0.39 is 0 Å². The van der Waals surface area contributed by atoms with Gasteiger partial charge in [0, 0.05) is 30.1 Å². The van der Waals surface area contributed by atoms with Gasteiger partial charge in [0.15, 0.2) is 0 Å². The zero-order valence-electron chi connectivity index (χ0n) is 12.0. The molecular formula is C16H22N2OS. The SMILES string of the molecule is CC1CN2CCCC2CN1C(=O)Cc1ccc(S)cc1. The van der Waals surface area contributed by atoms with Gasteiger partial charge in [-0.15, -0.1) is 12.6 Å². The number of piperazine rings is 1. The molecule has 0 bridgehead atoms. The van der Waals surface area contributed by atoms with Gasteiger partial charge in [-0.1, -0.05) is 12.1 Å². The molecule has 1 aromatic carbocycles. The molecule has 0 aromatic heterocycles. The summed E-state index contributed by atoms with van der Waals surface area (Å²) in [5, 5.41) is 0. The molecule has 2 heterocycles. The molecule has 108 valence electrons. The average Bonchev–Trinajstić information content (AvgIpc) is 2.87. The lowest BCUT2D eigenvalue weighted by Crippen LogP contribution is -2.57. The van der Waals surface area contributed by atoms with Crippen LogP contribution in [0, 0.1) is 0 Å².